The van der Waals surface area contributed by atoms with Crippen LogP contribution in [0.2, 0.25) is 0 Å². The minimum absolute atomic E-state index is 0.0669. The second kappa shape index (κ2) is 7.97. The highest BCUT2D eigenvalue weighted by Crippen LogP contribution is 2.20. The Morgan fingerprint density at radius 1 is 1.04 bits per heavy atom. The number of carbonyl (C=O) groups excluding carboxylic acids is 1. The molecule has 1 aliphatic rings. The Morgan fingerprint density at radius 2 is 1.65 bits per heavy atom. The van der Waals surface area contributed by atoms with Crippen LogP contribution in [0, 0.1) is 17.0 Å². The third-order valence-electron chi connectivity index (χ3n) is 4.57. The first-order valence-corrected chi connectivity index (χ1v) is 8.59. The molecule has 1 heterocycles. The van der Waals surface area contributed by atoms with Crippen LogP contribution < -0.4 is 10.2 Å². The molecule has 1 fully saturated rings. The number of amides is 1. The second-order valence-corrected chi connectivity index (χ2v) is 6.41. The van der Waals surface area contributed by atoms with E-state index in [2.05, 4.69) is 15.1 Å². The van der Waals surface area contributed by atoms with E-state index in [4.69, 9.17) is 0 Å². The average Bonchev–Trinajstić information content (AvgIpc) is 2.67. The maximum absolute atomic E-state index is 12.2. The number of benzene rings is 2. The molecule has 1 amide bonds. The fourth-order valence-electron chi connectivity index (χ4n) is 2.94. The van der Waals surface area contributed by atoms with E-state index in [0.717, 1.165) is 37.4 Å². The summed E-state index contributed by atoms with van der Waals surface area (Å²) >= 11 is 0. The second-order valence-electron chi connectivity index (χ2n) is 6.41. The van der Waals surface area contributed by atoms with Gasteiger partial charge in [0.25, 0.3) is 11.6 Å². The minimum Gasteiger partial charge on any atom is -0.369 e. The van der Waals surface area contributed by atoms with Crippen molar-refractivity contribution >= 4 is 17.3 Å². The van der Waals surface area contributed by atoms with Crippen LogP contribution in [0.5, 0.6) is 0 Å². The van der Waals surface area contributed by atoms with E-state index < -0.39 is 4.92 Å². The number of anilines is 1. The predicted molar refractivity (Wildman–Crippen MR) is 100 cm³/mol. The highest BCUT2D eigenvalue weighted by Gasteiger charge is 2.18. The van der Waals surface area contributed by atoms with Gasteiger partial charge in [0.15, 0.2) is 0 Å². The summed E-state index contributed by atoms with van der Waals surface area (Å²) in [4.78, 5) is 26.9. The lowest BCUT2D eigenvalue weighted by atomic mass is 10.1. The third kappa shape index (κ3) is 4.37. The van der Waals surface area contributed by atoms with Gasteiger partial charge in [-0.25, -0.2) is 0 Å². The van der Waals surface area contributed by atoms with Crippen LogP contribution in [0.3, 0.4) is 0 Å². The van der Waals surface area contributed by atoms with E-state index in [-0.39, 0.29) is 11.6 Å². The summed E-state index contributed by atoms with van der Waals surface area (Å²) in [6, 6.07) is 14.1. The fraction of sp³-hybridized carbons (Fsp3) is 0.316. The third-order valence-corrected chi connectivity index (χ3v) is 4.57. The zero-order valence-corrected chi connectivity index (χ0v) is 14.7. The van der Waals surface area contributed by atoms with E-state index in [9.17, 15) is 14.9 Å². The summed E-state index contributed by atoms with van der Waals surface area (Å²) in [5.74, 6) is -0.0669. The molecule has 7 heteroatoms. The normalized spacial score (nSPS) is 14.9. The number of hydrogen-bond acceptors (Lipinski definition) is 5. The standard InChI is InChI=1S/C19H22N4O3/c1-15-2-4-16(5-3-15)19(24)20-14-21-10-12-22(13-11-21)17-6-8-18(9-7-17)23(25)26/h2-9H,10-14H2,1H3,(H,20,24). The lowest BCUT2D eigenvalue weighted by Crippen LogP contribution is -2.50. The van der Waals surface area contributed by atoms with Crippen molar-refractivity contribution in [3.63, 3.8) is 0 Å². The van der Waals surface area contributed by atoms with Crippen molar-refractivity contribution in [2.24, 2.45) is 0 Å². The molecule has 1 saturated heterocycles. The van der Waals surface area contributed by atoms with Crippen LogP contribution in [0.4, 0.5) is 11.4 Å². The van der Waals surface area contributed by atoms with Gasteiger partial charge in [0.2, 0.25) is 0 Å². The van der Waals surface area contributed by atoms with Crippen LogP contribution in [0.15, 0.2) is 48.5 Å². The molecule has 3 rings (SSSR count). The van der Waals surface area contributed by atoms with Gasteiger partial charge in [-0.3, -0.25) is 19.8 Å². The molecule has 0 aromatic heterocycles. The average molecular weight is 354 g/mol. The highest BCUT2D eigenvalue weighted by molar-refractivity contribution is 5.94. The number of rotatable bonds is 5. The molecule has 0 unspecified atom stereocenters. The van der Waals surface area contributed by atoms with Crippen molar-refractivity contribution in [3.8, 4) is 0 Å². The summed E-state index contributed by atoms with van der Waals surface area (Å²) < 4.78 is 0. The molecule has 2 aromatic carbocycles. The fourth-order valence-corrected chi connectivity index (χ4v) is 2.94. The Kier molecular flexibility index (Phi) is 5.48. The van der Waals surface area contributed by atoms with Gasteiger partial charge >= 0.3 is 0 Å². The summed E-state index contributed by atoms with van der Waals surface area (Å²) in [5.41, 5.74) is 2.88. The monoisotopic (exact) mass is 354 g/mol. The van der Waals surface area contributed by atoms with Crippen LogP contribution >= 0.6 is 0 Å². The summed E-state index contributed by atoms with van der Waals surface area (Å²) in [6.45, 7) is 5.79. The number of aryl methyl sites for hydroxylation is 1. The Bertz CT molecular complexity index is 766. The molecule has 0 aliphatic carbocycles. The number of piperazine rings is 1. The van der Waals surface area contributed by atoms with Crippen LogP contribution in [-0.4, -0.2) is 48.6 Å². The maximum atomic E-state index is 12.2. The number of hydrogen-bond donors (Lipinski definition) is 1. The van der Waals surface area contributed by atoms with Gasteiger partial charge in [-0.2, -0.15) is 0 Å². The number of nitrogens with one attached hydrogen (secondary N) is 1. The number of non-ortho nitro benzene ring substituents is 1. The number of nitro benzene ring substituents is 1. The van der Waals surface area contributed by atoms with E-state index in [1.807, 2.05) is 31.2 Å². The Labute approximate surface area is 152 Å². The molecule has 136 valence electrons. The first kappa shape index (κ1) is 17.9. The van der Waals surface area contributed by atoms with Gasteiger partial charge < -0.3 is 10.2 Å². The lowest BCUT2D eigenvalue weighted by molar-refractivity contribution is -0.384. The molecular weight excluding hydrogens is 332 g/mol. The minimum atomic E-state index is -0.390. The molecule has 0 spiro atoms. The number of carbonyl (C=O) groups is 1. The molecule has 0 saturated carbocycles. The lowest BCUT2D eigenvalue weighted by Gasteiger charge is -2.36. The van der Waals surface area contributed by atoms with E-state index in [1.54, 1.807) is 12.1 Å². The van der Waals surface area contributed by atoms with Crippen molar-refractivity contribution < 1.29 is 9.72 Å². The van der Waals surface area contributed by atoms with Gasteiger partial charge in [-0.05, 0) is 31.2 Å². The molecule has 0 bridgehead atoms. The summed E-state index contributed by atoms with van der Waals surface area (Å²) in [5, 5.41) is 13.7. The quantitative estimate of drug-likeness (QED) is 0.659. The van der Waals surface area contributed by atoms with E-state index in [1.165, 1.54) is 12.1 Å². The van der Waals surface area contributed by atoms with Gasteiger partial charge in [-0.15, -0.1) is 0 Å². The first-order chi connectivity index (χ1) is 12.5. The Balaban J connectivity index is 1.47. The zero-order valence-electron chi connectivity index (χ0n) is 14.7. The van der Waals surface area contributed by atoms with Crippen molar-refractivity contribution in [1.29, 1.82) is 0 Å². The molecule has 0 atom stereocenters. The largest absolute Gasteiger partial charge is 0.369 e. The number of nitrogens with zero attached hydrogens (tertiary/aromatic N) is 3. The van der Waals surface area contributed by atoms with E-state index in [0.29, 0.717) is 12.2 Å². The van der Waals surface area contributed by atoms with Gasteiger partial charge in [0.1, 0.15) is 0 Å². The predicted octanol–water partition coefficient (Wildman–Crippen LogP) is 2.41. The molecule has 7 nitrogen and oxygen atoms in total. The molecule has 26 heavy (non-hydrogen) atoms. The van der Waals surface area contributed by atoms with Crippen molar-refractivity contribution in [1.82, 2.24) is 10.2 Å². The SMILES string of the molecule is Cc1ccc(C(=O)NCN2CCN(c3ccc([N+](=O)[O-])cc3)CC2)cc1. The molecule has 2 aromatic rings. The van der Waals surface area contributed by atoms with Crippen LogP contribution in [-0.2, 0) is 0 Å². The maximum Gasteiger partial charge on any atom is 0.269 e. The molecule has 1 aliphatic heterocycles. The van der Waals surface area contributed by atoms with Crippen LogP contribution in [0.1, 0.15) is 15.9 Å². The van der Waals surface area contributed by atoms with E-state index >= 15 is 0 Å². The first-order valence-electron chi connectivity index (χ1n) is 8.59. The Hall–Kier alpha value is -2.93. The molecule has 1 N–H and O–H groups in total. The molecule has 0 radical (unpaired) electrons. The zero-order chi connectivity index (χ0) is 18.5. The van der Waals surface area contributed by atoms with Crippen LogP contribution in [0.25, 0.3) is 0 Å². The van der Waals surface area contributed by atoms with Crippen molar-refractivity contribution in [2.45, 2.75) is 6.92 Å². The van der Waals surface area contributed by atoms with Gasteiger partial charge in [0.05, 0.1) is 11.6 Å². The highest BCUT2D eigenvalue weighted by atomic mass is 16.6. The van der Waals surface area contributed by atoms with Gasteiger partial charge in [-0.1, -0.05) is 17.7 Å². The Morgan fingerprint density at radius 3 is 2.23 bits per heavy atom. The summed E-state index contributed by atoms with van der Waals surface area (Å²) in [7, 11) is 0. The summed E-state index contributed by atoms with van der Waals surface area (Å²) in [6.07, 6.45) is 0. The molecular formula is C19H22N4O3. The topological polar surface area (TPSA) is 78.7 Å². The van der Waals surface area contributed by atoms with Crippen molar-refractivity contribution in [2.75, 3.05) is 37.7 Å². The van der Waals surface area contributed by atoms with Gasteiger partial charge in [0, 0.05) is 49.6 Å². The number of nitro groups is 1. The van der Waals surface area contributed by atoms with Crippen molar-refractivity contribution in [3.05, 3.63) is 69.8 Å². The smallest absolute Gasteiger partial charge is 0.269 e.